The minimum Gasteiger partial charge on any atom is -0.380 e. The maximum Gasteiger partial charge on any atom is 0.0711 e. The van der Waals surface area contributed by atoms with Crippen molar-refractivity contribution in [1.29, 1.82) is 0 Å². The molecule has 0 spiro atoms. The Morgan fingerprint density at radius 1 is 1.69 bits per heavy atom. The predicted octanol–water partition coefficient (Wildman–Crippen LogP) is 0.481. The summed E-state index contributed by atoms with van der Waals surface area (Å²) in [5.74, 6) is 0. The van der Waals surface area contributed by atoms with Gasteiger partial charge in [0.25, 0.3) is 0 Å². The van der Waals surface area contributed by atoms with Crippen LogP contribution in [0.5, 0.6) is 0 Å². The number of nitrogens with zero attached hydrogens (tertiary/aromatic N) is 1. The van der Waals surface area contributed by atoms with E-state index in [1.165, 1.54) is 0 Å². The van der Waals surface area contributed by atoms with Crippen molar-refractivity contribution in [2.24, 2.45) is 0 Å². The summed E-state index contributed by atoms with van der Waals surface area (Å²) in [7, 11) is 3.89. The van der Waals surface area contributed by atoms with E-state index in [2.05, 4.69) is 23.8 Å². The highest BCUT2D eigenvalue weighted by Crippen LogP contribution is 2.09. The summed E-state index contributed by atoms with van der Waals surface area (Å²) < 4.78 is 5.28. The van der Waals surface area contributed by atoms with Crippen LogP contribution in [0.2, 0.25) is 0 Å². The highest BCUT2D eigenvalue weighted by Gasteiger charge is 2.23. The van der Waals surface area contributed by atoms with Gasteiger partial charge in [0.2, 0.25) is 0 Å². The van der Waals surface area contributed by atoms with E-state index in [0.29, 0.717) is 12.1 Å². The first-order valence-electron chi connectivity index (χ1n) is 4.82. The second kappa shape index (κ2) is 5.37. The first-order chi connectivity index (χ1) is 6.26. The predicted molar refractivity (Wildman–Crippen MR) is 54.9 cm³/mol. The topological polar surface area (TPSA) is 24.5 Å². The Kier molecular flexibility index (Phi) is 4.42. The Hall–Kier alpha value is -0.380. The van der Waals surface area contributed by atoms with Crippen molar-refractivity contribution in [3.8, 4) is 0 Å². The fourth-order valence-electron chi connectivity index (χ4n) is 1.77. The second-order valence-corrected chi connectivity index (χ2v) is 3.71. The van der Waals surface area contributed by atoms with Crippen molar-refractivity contribution in [3.63, 3.8) is 0 Å². The van der Waals surface area contributed by atoms with Crippen LogP contribution in [-0.2, 0) is 4.74 Å². The van der Waals surface area contributed by atoms with Gasteiger partial charge in [-0.05, 0) is 13.5 Å². The Morgan fingerprint density at radius 2 is 2.46 bits per heavy atom. The molecule has 1 rings (SSSR count). The van der Waals surface area contributed by atoms with Crippen LogP contribution < -0.4 is 5.32 Å². The second-order valence-electron chi connectivity index (χ2n) is 3.71. The van der Waals surface area contributed by atoms with Crippen LogP contribution in [0.25, 0.3) is 0 Å². The molecule has 0 aromatic carbocycles. The van der Waals surface area contributed by atoms with Gasteiger partial charge < -0.3 is 15.0 Å². The third-order valence-corrected chi connectivity index (χ3v) is 2.49. The molecule has 0 saturated carbocycles. The quantitative estimate of drug-likeness (QED) is 0.629. The number of nitrogens with one attached hydrogen (secondary N) is 1. The molecule has 0 aromatic heterocycles. The van der Waals surface area contributed by atoms with Crippen molar-refractivity contribution >= 4 is 0 Å². The molecule has 0 amide bonds. The first-order valence-corrected chi connectivity index (χ1v) is 4.82. The van der Waals surface area contributed by atoms with E-state index in [1.807, 2.05) is 6.08 Å². The normalized spacial score (nSPS) is 28.2. The van der Waals surface area contributed by atoms with Gasteiger partial charge in [0.05, 0.1) is 6.10 Å². The van der Waals surface area contributed by atoms with E-state index < -0.39 is 0 Å². The summed E-state index contributed by atoms with van der Waals surface area (Å²) in [6.45, 7) is 6.74. The maximum atomic E-state index is 5.28. The van der Waals surface area contributed by atoms with E-state index >= 15 is 0 Å². The van der Waals surface area contributed by atoms with Gasteiger partial charge in [0.1, 0.15) is 0 Å². The molecule has 13 heavy (non-hydrogen) atoms. The Balaban J connectivity index is 2.19. The summed E-state index contributed by atoms with van der Waals surface area (Å²) in [4.78, 5) is 2.27. The molecule has 0 aliphatic carbocycles. The molecule has 1 aliphatic heterocycles. The standard InChI is InChI=1S/C10H20N2O/c1-4-5-12(2)8-9-6-10(13-3)7-11-9/h4,9-11H,1,5-8H2,2-3H3. The molecule has 0 radical (unpaired) electrons. The molecular weight excluding hydrogens is 164 g/mol. The summed E-state index contributed by atoms with van der Waals surface area (Å²) in [5.41, 5.74) is 0. The van der Waals surface area contributed by atoms with Gasteiger partial charge in [-0.15, -0.1) is 6.58 Å². The summed E-state index contributed by atoms with van der Waals surface area (Å²) in [6, 6.07) is 0.579. The van der Waals surface area contributed by atoms with Gasteiger partial charge in [0, 0.05) is 32.8 Å². The minimum absolute atomic E-state index is 0.405. The highest BCUT2D eigenvalue weighted by atomic mass is 16.5. The van der Waals surface area contributed by atoms with Crippen LogP contribution in [0.1, 0.15) is 6.42 Å². The number of ether oxygens (including phenoxy) is 1. The lowest BCUT2D eigenvalue weighted by Gasteiger charge is -2.19. The Labute approximate surface area is 80.8 Å². The summed E-state index contributed by atoms with van der Waals surface area (Å²) in [6.07, 6.45) is 3.46. The van der Waals surface area contributed by atoms with E-state index in [0.717, 1.165) is 26.1 Å². The maximum absolute atomic E-state index is 5.28. The van der Waals surface area contributed by atoms with Gasteiger partial charge in [-0.25, -0.2) is 0 Å². The molecule has 1 heterocycles. The average Bonchev–Trinajstić information content (AvgIpc) is 2.52. The molecule has 1 aliphatic rings. The van der Waals surface area contributed by atoms with Crippen molar-refractivity contribution in [2.75, 3.05) is 33.8 Å². The number of methoxy groups -OCH3 is 1. The Bertz CT molecular complexity index is 161. The minimum atomic E-state index is 0.405. The zero-order valence-corrected chi connectivity index (χ0v) is 8.62. The van der Waals surface area contributed by atoms with Crippen LogP contribution in [0.15, 0.2) is 12.7 Å². The van der Waals surface area contributed by atoms with Crippen LogP contribution in [0.4, 0.5) is 0 Å². The molecule has 1 N–H and O–H groups in total. The smallest absolute Gasteiger partial charge is 0.0711 e. The monoisotopic (exact) mass is 184 g/mol. The zero-order chi connectivity index (χ0) is 9.68. The molecule has 0 aromatic rings. The van der Waals surface area contributed by atoms with Crippen molar-refractivity contribution in [1.82, 2.24) is 10.2 Å². The van der Waals surface area contributed by atoms with E-state index in [9.17, 15) is 0 Å². The van der Waals surface area contributed by atoms with E-state index in [-0.39, 0.29) is 0 Å². The lowest BCUT2D eigenvalue weighted by atomic mass is 10.2. The van der Waals surface area contributed by atoms with Gasteiger partial charge in [-0.2, -0.15) is 0 Å². The van der Waals surface area contributed by atoms with Crippen molar-refractivity contribution in [3.05, 3.63) is 12.7 Å². The van der Waals surface area contributed by atoms with Crippen molar-refractivity contribution < 1.29 is 4.74 Å². The number of likely N-dealkylation sites (N-methyl/N-ethyl adjacent to an activating group) is 1. The lowest BCUT2D eigenvalue weighted by Crippen LogP contribution is -2.35. The largest absolute Gasteiger partial charge is 0.380 e. The van der Waals surface area contributed by atoms with Crippen LogP contribution in [0, 0.1) is 0 Å². The molecule has 2 unspecified atom stereocenters. The fourth-order valence-corrected chi connectivity index (χ4v) is 1.77. The van der Waals surface area contributed by atoms with Gasteiger partial charge in [-0.1, -0.05) is 6.08 Å². The Morgan fingerprint density at radius 3 is 3.00 bits per heavy atom. The SMILES string of the molecule is C=CCN(C)CC1CC(OC)CN1. The molecule has 2 atom stereocenters. The lowest BCUT2D eigenvalue weighted by molar-refractivity contribution is 0.116. The summed E-state index contributed by atoms with van der Waals surface area (Å²) in [5, 5.41) is 3.45. The van der Waals surface area contributed by atoms with Crippen LogP contribution in [-0.4, -0.2) is 50.8 Å². The molecule has 1 saturated heterocycles. The average molecular weight is 184 g/mol. The molecule has 3 heteroatoms. The summed E-state index contributed by atoms with van der Waals surface area (Å²) >= 11 is 0. The third kappa shape index (κ3) is 3.46. The van der Waals surface area contributed by atoms with E-state index in [4.69, 9.17) is 4.74 Å². The molecular formula is C10H20N2O. The first kappa shape index (κ1) is 10.7. The number of hydrogen-bond acceptors (Lipinski definition) is 3. The highest BCUT2D eigenvalue weighted by molar-refractivity contribution is 4.85. The van der Waals surface area contributed by atoms with Crippen LogP contribution >= 0.6 is 0 Å². The van der Waals surface area contributed by atoms with Crippen molar-refractivity contribution in [2.45, 2.75) is 18.6 Å². The number of rotatable bonds is 5. The third-order valence-electron chi connectivity index (χ3n) is 2.49. The van der Waals surface area contributed by atoms with Gasteiger partial charge >= 0.3 is 0 Å². The van der Waals surface area contributed by atoms with E-state index in [1.54, 1.807) is 7.11 Å². The molecule has 1 fully saturated rings. The number of hydrogen-bond donors (Lipinski definition) is 1. The molecule has 76 valence electrons. The molecule has 3 nitrogen and oxygen atoms in total. The van der Waals surface area contributed by atoms with Crippen LogP contribution in [0.3, 0.4) is 0 Å². The molecule has 0 bridgehead atoms. The van der Waals surface area contributed by atoms with Gasteiger partial charge in [-0.3, -0.25) is 0 Å². The van der Waals surface area contributed by atoms with Gasteiger partial charge in [0.15, 0.2) is 0 Å². The fraction of sp³-hybridized carbons (Fsp3) is 0.800. The zero-order valence-electron chi connectivity index (χ0n) is 8.62.